The van der Waals surface area contributed by atoms with Gasteiger partial charge in [0.2, 0.25) is 0 Å². The number of rotatable bonds is 3. The molecule has 4 rings (SSSR count). The van der Waals surface area contributed by atoms with Crippen molar-refractivity contribution in [1.82, 2.24) is 5.32 Å². The lowest BCUT2D eigenvalue weighted by atomic mass is 9.96. The largest absolute Gasteiger partial charge is 0.412 e. The molecule has 3 N–H and O–H groups in total. The van der Waals surface area contributed by atoms with E-state index in [1.165, 1.54) is 21.9 Å². The van der Waals surface area contributed by atoms with Gasteiger partial charge < -0.3 is 15.8 Å². The first-order valence-electron chi connectivity index (χ1n) is 8.07. The number of nitrogens with two attached hydrogens (primary N) is 1. The van der Waals surface area contributed by atoms with Crippen LogP contribution in [0.15, 0.2) is 48.5 Å². The average Bonchev–Trinajstić information content (AvgIpc) is 3.08. The molecule has 1 aliphatic rings. The summed E-state index contributed by atoms with van der Waals surface area (Å²) in [5.41, 5.74) is 8.05. The molecule has 0 atom stereocenters. The molecule has 0 saturated carbocycles. The van der Waals surface area contributed by atoms with Crippen LogP contribution in [0.5, 0.6) is 5.75 Å². The van der Waals surface area contributed by atoms with Crippen LogP contribution in [0.2, 0.25) is 0 Å². The first kappa shape index (κ1) is 14.7. The van der Waals surface area contributed by atoms with E-state index in [9.17, 15) is 4.79 Å². The zero-order valence-corrected chi connectivity index (χ0v) is 13.2. The fourth-order valence-electron chi connectivity index (χ4n) is 3.27. The van der Waals surface area contributed by atoms with E-state index in [0.29, 0.717) is 18.8 Å². The predicted molar refractivity (Wildman–Crippen MR) is 97.3 cm³/mol. The lowest BCUT2D eigenvalue weighted by Gasteiger charge is -2.10. The fraction of sp³-hybridized carbons (Fsp3) is 0.150. The minimum absolute atomic E-state index is 0.387. The third kappa shape index (κ3) is 2.51. The van der Waals surface area contributed by atoms with Crippen LogP contribution in [-0.2, 0) is 6.42 Å². The second-order valence-corrected chi connectivity index (χ2v) is 5.89. The summed E-state index contributed by atoms with van der Waals surface area (Å²) in [5.74, 6) is 0.527. The molecular weight excluding hydrogens is 300 g/mol. The number of hydrogen-bond donors (Lipinski definition) is 2. The van der Waals surface area contributed by atoms with Crippen LogP contribution in [0.4, 0.5) is 4.79 Å². The van der Waals surface area contributed by atoms with Gasteiger partial charge in [0.05, 0.1) is 0 Å². The molecule has 4 heteroatoms. The predicted octanol–water partition coefficient (Wildman–Crippen LogP) is 3.61. The Morgan fingerprint density at radius 1 is 1.08 bits per heavy atom. The standard InChI is InChI=1S/C20H18N2O2/c21-10-11-22-20(23)24-15-6-9-17-14(12-15)5-8-18-16-3-1-2-13(16)4-7-19(17)18/h1-2,4-9,12H,3,10-11,21H2,(H,22,23). The van der Waals surface area contributed by atoms with E-state index in [1.807, 2.05) is 18.2 Å². The average molecular weight is 318 g/mol. The SMILES string of the molecule is NCCNC(=O)Oc1ccc2c(ccc3c4c(ccc32)C=CC4)c1. The molecule has 120 valence electrons. The van der Waals surface area contributed by atoms with Gasteiger partial charge in [-0.15, -0.1) is 0 Å². The van der Waals surface area contributed by atoms with E-state index in [1.54, 1.807) is 0 Å². The highest BCUT2D eigenvalue weighted by molar-refractivity contribution is 6.09. The first-order valence-corrected chi connectivity index (χ1v) is 8.07. The van der Waals surface area contributed by atoms with Crippen LogP contribution < -0.4 is 15.8 Å². The molecule has 3 aromatic carbocycles. The summed E-state index contributed by atoms with van der Waals surface area (Å²) >= 11 is 0. The molecule has 1 amide bonds. The maximum Gasteiger partial charge on any atom is 0.412 e. The van der Waals surface area contributed by atoms with Gasteiger partial charge in [-0.3, -0.25) is 0 Å². The molecule has 0 aromatic heterocycles. The maximum atomic E-state index is 11.7. The van der Waals surface area contributed by atoms with Gasteiger partial charge in [0.25, 0.3) is 0 Å². The van der Waals surface area contributed by atoms with Gasteiger partial charge in [0, 0.05) is 13.1 Å². The van der Waals surface area contributed by atoms with E-state index in [-0.39, 0.29) is 0 Å². The van der Waals surface area contributed by atoms with Crippen molar-refractivity contribution < 1.29 is 9.53 Å². The summed E-state index contributed by atoms with van der Waals surface area (Å²) in [6.07, 6.45) is 4.88. The highest BCUT2D eigenvalue weighted by Crippen LogP contribution is 2.34. The zero-order valence-electron chi connectivity index (χ0n) is 13.2. The monoisotopic (exact) mass is 318 g/mol. The molecule has 0 aliphatic heterocycles. The summed E-state index contributed by atoms with van der Waals surface area (Å²) in [6.45, 7) is 0.786. The van der Waals surface area contributed by atoms with E-state index >= 15 is 0 Å². The number of allylic oxidation sites excluding steroid dienone is 1. The molecule has 0 heterocycles. The molecular formula is C20H18N2O2. The van der Waals surface area contributed by atoms with Crippen LogP contribution in [0.3, 0.4) is 0 Å². The normalized spacial score (nSPS) is 12.5. The van der Waals surface area contributed by atoms with Gasteiger partial charge in [0.1, 0.15) is 5.75 Å². The Morgan fingerprint density at radius 3 is 2.79 bits per heavy atom. The Morgan fingerprint density at radius 2 is 1.92 bits per heavy atom. The Hall–Kier alpha value is -2.85. The van der Waals surface area contributed by atoms with Crippen LogP contribution in [0.25, 0.3) is 27.6 Å². The van der Waals surface area contributed by atoms with E-state index in [4.69, 9.17) is 10.5 Å². The van der Waals surface area contributed by atoms with Gasteiger partial charge in [-0.25, -0.2) is 4.79 Å². The third-order valence-corrected chi connectivity index (χ3v) is 4.38. The number of carbonyl (C=O) groups is 1. The Kier molecular flexibility index (Phi) is 3.67. The minimum Gasteiger partial charge on any atom is -0.410 e. The van der Waals surface area contributed by atoms with Crippen molar-refractivity contribution in [2.45, 2.75) is 6.42 Å². The summed E-state index contributed by atoms with van der Waals surface area (Å²) in [5, 5.41) is 7.33. The molecule has 0 radical (unpaired) electrons. The molecule has 24 heavy (non-hydrogen) atoms. The highest BCUT2D eigenvalue weighted by Gasteiger charge is 2.12. The van der Waals surface area contributed by atoms with Crippen molar-refractivity contribution in [3.8, 4) is 5.75 Å². The van der Waals surface area contributed by atoms with E-state index in [2.05, 4.69) is 41.7 Å². The number of benzene rings is 3. The lowest BCUT2D eigenvalue weighted by Crippen LogP contribution is -2.31. The Labute approximate surface area is 139 Å². The zero-order chi connectivity index (χ0) is 16.5. The van der Waals surface area contributed by atoms with Crippen molar-refractivity contribution >= 4 is 33.7 Å². The third-order valence-electron chi connectivity index (χ3n) is 4.38. The highest BCUT2D eigenvalue weighted by atomic mass is 16.6. The van der Waals surface area contributed by atoms with Crippen molar-refractivity contribution in [2.75, 3.05) is 13.1 Å². The van der Waals surface area contributed by atoms with Crippen LogP contribution in [-0.4, -0.2) is 19.2 Å². The minimum atomic E-state index is -0.482. The molecule has 0 bridgehead atoms. The van der Waals surface area contributed by atoms with Crippen molar-refractivity contribution in [3.05, 3.63) is 59.7 Å². The van der Waals surface area contributed by atoms with Gasteiger partial charge in [0.15, 0.2) is 0 Å². The number of fused-ring (bicyclic) bond motifs is 5. The molecule has 1 aliphatic carbocycles. The summed E-state index contributed by atoms with van der Waals surface area (Å²) in [6, 6.07) is 14.3. The molecule has 0 spiro atoms. The molecule has 0 unspecified atom stereocenters. The van der Waals surface area contributed by atoms with Gasteiger partial charge >= 0.3 is 6.09 Å². The van der Waals surface area contributed by atoms with E-state index < -0.39 is 6.09 Å². The van der Waals surface area contributed by atoms with E-state index in [0.717, 1.165) is 17.2 Å². The lowest BCUT2D eigenvalue weighted by molar-refractivity contribution is 0.201. The first-order chi connectivity index (χ1) is 11.8. The Bertz CT molecular complexity index is 976. The Balaban J connectivity index is 1.72. The molecule has 0 fully saturated rings. The summed E-state index contributed by atoms with van der Waals surface area (Å²) < 4.78 is 5.30. The van der Waals surface area contributed by atoms with Crippen LogP contribution in [0, 0.1) is 0 Å². The number of hydrogen-bond acceptors (Lipinski definition) is 3. The van der Waals surface area contributed by atoms with Crippen molar-refractivity contribution in [2.24, 2.45) is 5.73 Å². The van der Waals surface area contributed by atoms with Gasteiger partial charge in [-0.2, -0.15) is 0 Å². The number of carbonyl (C=O) groups excluding carboxylic acids is 1. The molecule has 4 nitrogen and oxygen atoms in total. The number of nitrogens with one attached hydrogen (secondary N) is 1. The van der Waals surface area contributed by atoms with Crippen LogP contribution >= 0.6 is 0 Å². The summed E-state index contributed by atoms with van der Waals surface area (Å²) in [4.78, 5) is 11.7. The van der Waals surface area contributed by atoms with Gasteiger partial charge in [-0.1, -0.05) is 42.5 Å². The maximum absolute atomic E-state index is 11.7. The molecule has 0 saturated heterocycles. The summed E-state index contributed by atoms with van der Waals surface area (Å²) in [7, 11) is 0. The van der Waals surface area contributed by atoms with Crippen LogP contribution in [0.1, 0.15) is 11.1 Å². The topological polar surface area (TPSA) is 64.3 Å². The quantitative estimate of drug-likeness (QED) is 0.725. The second-order valence-electron chi connectivity index (χ2n) is 5.89. The van der Waals surface area contributed by atoms with Gasteiger partial charge in [-0.05, 0) is 51.2 Å². The smallest absolute Gasteiger partial charge is 0.410 e. The van der Waals surface area contributed by atoms with Crippen molar-refractivity contribution in [3.63, 3.8) is 0 Å². The fourth-order valence-corrected chi connectivity index (χ4v) is 3.27. The van der Waals surface area contributed by atoms with Crippen molar-refractivity contribution in [1.29, 1.82) is 0 Å². The molecule has 3 aromatic rings. The second kappa shape index (κ2) is 5.98. The number of amides is 1. The number of ether oxygens (including phenoxy) is 1.